The molecule has 1 saturated carbocycles. The van der Waals surface area contributed by atoms with Crippen LogP contribution in [-0.2, 0) is 4.79 Å². The summed E-state index contributed by atoms with van der Waals surface area (Å²) in [6, 6.07) is 0.00403. The van der Waals surface area contributed by atoms with E-state index in [1.165, 1.54) is 31.4 Å². The van der Waals surface area contributed by atoms with Crippen molar-refractivity contribution in [2.24, 2.45) is 10.9 Å². The van der Waals surface area contributed by atoms with Crippen LogP contribution in [0.4, 0.5) is 0 Å². The average molecular weight is 179 g/mol. The van der Waals surface area contributed by atoms with Gasteiger partial charge in [-0.05, 0) is 44.9 Å². The Morgan fingerprint density at radius 1 is 1.31 bits per heavy atom. The number of ketones is 1. The van der Waals surface area contributed by atoms with Crippen LogP contribution in [0.2, 0.25) is 0 Å². The van der Waals surface area contributed by atoms with E-state index >= 15 is 0 Å². The molecule has 2 heteroatoms. The summed E-state index contributed by atoms with van der Waals surface area (Å²) in [5.41, 5.74) is 1.35. The molecular weight excluding hydrogens is 162 g/mol. The molecule has 2 nitrogen and oxygen atoms in total. The van der Waals surface area contributed by atoms with Crippen LogP contribution in [0.5, 0.6) is 0 Å². The summed E-state index contributed by atoms with van der Waals surface area (Å²) >= 11 is 0. The summed E-state index contributed by atoms with van der Waals surface area (Å²) in [5, 5.41) is 0. The summed E-state index contributed by atoms with van der Waals surface area (Å²) < 4.78 is 0. The second-order valence-electron chi connectivity index (χ2n) is 4.27. The minimum atomic E-state index is 0.00403. The molecule has 0 aromatic rings. The molecular formula is C11H17NO. The number of fused-ring (bicyclic) bond motifs is 1. The normalized spacial score (nSPS) is 33.5. The van der Waals surface area contributed by atoms with Crippen LogP contribution < -0.4 is 0 Å². The van der Waals surface area contributed by atoms with Crippen molar-refractivity contribution in [2.45, 2.75) is 51.5 Å². The van der Waals surface area contributed by atoms with Gasteiger partial charge in [0.15, 0.2) is 5.78 Å². The van der Waals surface area contributed by atoms with Crippen molar-refractivity contribution in [1.29, 1.82) is 0 Å². The number of hydrogen-bond donors (Lipinski definition) is 0. The van der Waals surface area contributed by atoms with E-state index in [1.54, 1.807) is 6.92 Å². The maximum atomic E-state index is 11.2. The zero-order valence-corrected chi connectivity index (χ0v) is 8.25. The van der Waals surface area contributed by atoms with Crippen molar-refractivity contribution in [2.75, 3.05) is 0 Å². The second kappa shape index (κ2) is 3.60. The monoisotopic (exact) mass is 179 g/mol. The SMILES string of the molecule is CC(=O)C1CCC2CCCCC2=N1. The van der Waals surface area contributed by atoms with Gasteiger partial charge >= 0.3 is 0 Å². The number of nitrogens with zero attached hydrogens (tertiary/aromatic N) is 1. The summed E-state index contributed by atoms with van der Waals surface area (Å²) in [4.78, 5) is 15.7. The van der Waals surface area contributed by atoms with Gasteiger partial charge in [-0.15, -0.1) is 0 Å². The van der Waals surface area contributed by atoms with Crippen molar-refractivity contribution < 1.29 is 4.79 Å². The van der Waals surface area contributed by atoms with Gasteiger partial charge < -0.3 is 0 Å². The zero-order chi connectivity index (χ0) is 9.26. The molecule has 2 unspecified atom stereocenters. The first-order chi connectivity index (χ1) is 6.27. The van der Waals surface area contributed by atoms with E-state index in [9.17, 15) is 4.79 Å². The Morgan fingerprint density at radius 2 is 2.15 bits per heavy atom. The number of Topliss-reactive ketones (excluding diaryl/α,β-unsaturated/α-hetero) is 1. The van der Waals surface area contributed by atoms with Crippen LogP contribution in [0.3, 0.4) is 0 Å². The molecule has 1 heterocycles. The average Bonchev–Trinajstić information content (AvgIpc) is 2.17. The summed E-state index contributed by atoms with van der Waals surface area (Å²) in [5.74, 6) is 0.973. The van der Waals surface area contributed by atoms with E-state index in [4.69, 9.17) is 0 Å². The predicted octanol–water partition coefficient (Wildman–Crippen LogP) is 2.37. The first kappa shape index (κ1) is 8.92. The van der Waals surface area contributed by atoms with E-state index in [0.717, 1.165) is 18.8 Å². The van der Waals surface area contributed by atoms with Crippen molar-refractivity contribution >= 4 is 11.5 Å². The minimum Gasteiger partial charge on any atom is -0.298 e. The number of aliphatic imine (C=N–C) groups is 1. The molecule has 0 aromatic heterocycles. The Kier molecular flexibility index (Phi) is 2.47. The van der Waals surface area contributed by atoms with Crippen LogP contribution in [0.1, 0.15) is 45.4 Å². The molecule has 0 radical (unpaired) electrons. The molecule has 0 saturated heterocycles. The van der Waals surface area contributed by atoms with Crippen molar-refractivity contribution in [3.63, 3.8) is 0 Å². The van der Waals surface area contributed by atoms with Crippen molar-refractivity contribution in [3.8, 4) is 0 Å². The fourth-order valence-corrected chi connectivity index (χ4v) is 2.47. The lowest BCUT2D eigenvalue weighted by Gasteiger charge is -2.30. The molecule has 0 spiro atoms. The molecule has 1 aliphatic heterocycles. The molecule has 0 amide bonds. The predicted molar refractivity (Wildman–Crippen MR) is 53.1 cm³/mol. The molecule has 2 rings (SSSR count). The molecule has 1 aliphatic carbocycles. The highest BCUT2D eigenvalue weighted by Gasteiger charge is 2.27. The van der Waals surface area contributed by atoms with Gasteiger partial charge in [0, 0.05) is 5.71 Å². The van der Waals surface area contributed by atoms with E-state index in [-0.39, 0.29) is 11.8 Å². The number of carbonyl (C=O) groups is 1. The van der Waals surface area contributed by atoms with E-state index < -0.39 is 0 Å². The topological polar surface area (TPSA) is 29.4 Å². The van der Waals surface area contributed by atoms with Gasteiger partial charge in [-0.2, -0.15) is 0 Å². The number of rotatable bonds is 1. The summed E-state index contributed by atoms with van der Waals surface area (Å²) in [6.07, 6.45) is 7.28. The van der Waals surface area contributed by atoms with Gasteiger partial charge in [-0.3, -0.25) is 9.79 Å². The highest BCUT2D eigenvalue weighted by molar-refractivity contribution is 5.92. The Balaban J connectivity index is 2.12. The highest BCUT2D eigenvalue weighted by atomic mass is 16.1. The quantitative estimate of drug-likeness (QED) is 0.607. The largest absolute Gasteiger partial charge is 0.298 e. The van der Waals surface area contributed by atoms with Crippen LogP contribution in [0, 0.1) is 5.92 Å². The second-order valence-corrected chi connectivity index (χ2v) is 4.27. The first-order valence-corrected chi connectivity index (χ1v) is 5.34. The summed E-state index contributed by atoms with van der Waals surface area (Å²) in [6.45, 7) is 1.66. The highest BCUT2D eigenvalue weighted by Crippen LogP contribution is 2.30. The van der Waals surface area contributed by atoms with E-state index in [1.807, 2.05) is 0 Å². The number of carbonyl (C=O) groups excluding carboxylic acids is 1. The Labute approximate surface area is 79.4 Å². The molecule has 2 aliphatic rings. The maximum absolute atomic E-state index is 11.2. The Bertz CT molecular complexity index is 244. The van der Waals surface area contributed by atoms with Gasteiger partial charge in [-0.25, -0.2) is 0 Å². The van der Waals surface area contributed by atoms with Gasteiger partial charge in [0.1, 0.15) is 6.04 Å². The fraction of sp³-hybridized carbons (Fsp3) is 0.818. The van der Waals surface area contributed by atoms with Crippen molar-refractivity contribution in [3.05, 3.63) is 0 Å². The van der Waals surface area contributed by atoms with Gasteiger partial charge in [-0.1, -0.05) is 6.42 Å². The molecule has 0 N–H and O–H groups in total. The Morgan fingerprint density at radius 3 is 2.92 bits per heavy atom. The van der Waals surface area contributed by atoms with Crippen LogP contribution >= 0.6 is 0 Å². The minimum absolute atomic E-state index is 0.00403. The molecule has 0 bridgehead atoms. The smallest absolute Gasteiger partial charge is 0.154 e. The lowest BCUT2D eigenvalue weighted by molar-refractivity contribution is -0.118. The molecule has 72 valence electrons. The summed E-state index contributed by atoms with van der Waals surface area (Å²) in [7, 11) is 0. The van der Waals surface area contributed by atoms with Gasteiger partial charge in [0.25, 0.3) is 0 Å². The van der Waals surface area contributed by atoms with Crippen molar-refractivity contribution in [1.82, 2.24) is 0 Å². The third-order valence-corrected chi connectivity index (χ3v) is 3.29. The first-order valence-electron chi connectivity index (χ1n) is 5.34. The standard InChI is InChI=1S/C11H17NO/c1-8(13)10-7-6-9-4-2-3-5-11(9)12-10/h9-10H,2-7H2,1H3. The van der Waals surface area contributed by atoms with Crippen LogP contribution in [0.25, 0.3) is 0 Å². The van der Waals surface area contributed by atoms with Crippen LogP contribution in [0.15, 0.2) is 4.99 Å². The van der Waals surface area contributed by atoms with Crippen LogP contribution in [-0.4, -0.2) is 17.5 Å². The molecule has 0 aromatic carbocycles. The fourth-order valence-electron chi connectivity index (χ4n) is 2.47. The molecule has 2 atom stereocenters. The third-order valence-electron chi connectivity index (χ3n) is 3.29. The lowest BCUT2D eigenvalue weighted by atomic mass is 9.80. The zero-order valence-electron chi connectivity index (χ0n) is 8.25. The van der Waals surface area contributed by atoms with E-state index in [2.05, 4.69) is 4.99 Å². The maximum Gasteiger partial charge on any atom is 0.154 e. The lowest BCUT2D eigenvalue weighted by Crippen LogP contribution is -2.30. The van der Waals surface area contributed by atoms with Gasteiger partial charge in [0.05, 0.1) is 0 Å². The molecule has 1 fully saturated rings. The van der Waals surface area contributed by atoms with Gasteiger partial charge in [0.2, 0.25) is 0 Å². The molecule has 13 heavy (non-hydrogen) atoms. The van der Waals surface area contributed by atoms with E-state index in [0.29, 0.717) is 0 Å². The number of hydrogen-bond acceptors (Lipinski definition) is 2. The third kappa shape index (κ3) is 1.82. The Hall–Kier alpha value is -0.660.